The van der Waals surface area contributed by atoms with Gasteiger partial charge in [0, 0.05) is 44.7 Å². The highest BCUT2D eigenvalue weighted by molar-refractivity contribution is 6.12. The van der Waals surface area contributed by atoms with E-state index >= 15 is 0 Å². The lowest BCUT2D eigenvalue weighted by molar-refractivity contribution is -0.113. The van der Waals surface area contributed by atoms with Crippen LogP contribution in [0.5, 0.6) is 0 Å². The first-order valence-corrected chi connectivity index (χ1v) is 6.81. The molecule has 4 nitrogen and oxygen atoms in total. The highest BCUT2D eigenvalue weighted by Gasteiger charge is 2.25. The number of piperazine rings is 1. The third kappa shape index (κ3) is 2.74. The molecular formula is C15H19N3O. The highest BCUT2D eigenvalue weighted by Crippen LogP contribution is 2.24. The minimum atomic E-state index is -0.115. The summed E-state index contributed by atoms with van der Waals surface area (Å²) in [6.07, 6.45) is 9.78. The van der Waals surface area contributed by atoms with E-state index < -0.39 is 0 Å². The quantitative estimate of drug-likeness (QED) is 0.737. The fraction of sp³-hybridized carbons (Fsp3) is 0.467. The Morgan fingerprint density at radius 1 is 1.26 bits per heavy atom. The first-order valence-electron chi connectivity index (χ1n) is 6.81. The Morgan fingerprint density at radius 2 is 2.05 bits per heavy atom. The number of carbonyl (C=O) groups excluding carboxylic acids is 1. The molecule has 0 saturated carbocycles. The number of likely N-dealkylation sites (N-methyl/N-ethyl adjacent to an activating group) is 1. The Hall–Kier alpha value is -1.52. The van der Waals surface area contributed by atoms with Crippen LogP contribution in [0.3, 0.4) is 0 Å². The van der Waals surface area contributed by atoms with Crippen LogP contribution < -0.4 is 0 Å². The number of aliphatic imine (C=N–C) groups is 1. The Morgan fingerprint density at radius 3 is 2.84 bits per heavy atom. The number of carbonyl (C=O) groups is 1. The van der Waals surface area contributed by atoms with Crippen molar-refractivity contribution in [3.8, 4) is 0 Å². The summed E-state index contributed by atoms with van der Waals surface area (Å²) in [6.45, 7) is 5.22. The van der Waals surface area contributed by atoms with Crippen LogP contribution in [-0.2, 0) is 4.79 Å². The molecule has 1 fully saturated rings. The summed E-state index contributed by atoms with van der Waals surface area (Å²) >= 11 is 0. The Labute approximate surface area is 113 Å². The molecule has 100 valence electrons. The number of allylic oxidation sites excluding steroid dienone is 4. The normalized spacial score (nSPS) is 28.1. The maximum absolute atomic E-state index is 11.7. The zero-order valence-electron chi connectivity index (χ0n) is 11.2. The predicted molar refractivity (Wildman–Crippen MR) is 76.2 cm³/mol. The van der Waals surface area contributed by atoms with Crippen LogP contribution in [-0.4, -0.2) is 61.2 Å². The molecule has 0 aromatic carbocycles. The van der Waals surface area contributed by atoms with Crippen molar-refractivity contribution in [3.05, 3.63) is 36.0 Å². The van der Waals surface area contributed by atoms with E-state index in [0.717, 1.165) is 38.4 Å². The third-order valence-electron chi connectivity index (χ3n) is 3.95. The fourth-order valence-corrected chi connectivity index (χ4v) is 2.77. The predicted octanol–water partition coefficient (Wildman–Crippen LogP) is 0.884. The first kappa shape index (κ1) is 12.5. The van der Waals surface area contributed by atoms with Crippen LogP contribution >= 0.6 is 0 Å². The van der Waals surface area contributed by atoms with Gasteiger partial charge in [0.1, 0.15) is 0 Å². The monoisotopic (exact) mass is 257 g/mol. The lowest BCUT2D eigenvalue weighted by Gasteiger charge is -2.34. The average molecular weight is 257 g/mol. The molecule has 1 atom stereocenters. The van der Waals surface area contributed by atoms with E-state index in [1.807, 2.05) is 18.2 Å². The van der Waals surface area contributed by atoms with Crippen molar-refractivity contribution in [2.24, 2.45) is 10.9 Å². The van der Waals surface area contributed by atoms with Crippen molar-refractivity contribution in [2.45, 2.75) is 0 Å². The van der Waals surface area contributed by atoms with E-state index in [1.165, 1.54) is 5.57 Å². The maximum atomic E-state index is 11.7. The first-order chi connectivity index (χ1) is 9.22. The molecular weight excluding hydrogens is 238 g/mol. The number of amides is 1. The molecule has 0 radical (unpaired) electrons. The fourth-order valence-electron chi connectivity index (χ4n) is 2.77. The van der Waals surface area contributed by atoms with E-state index in [0.29, 0.717) is 0 Å². The summed E-state index contributed by atoms with van der Waals surface area (Å²) in [4.78, 5) is 20.5. The molecule has 0 spiro atoms. The maximum Gasteiger partial charge on any atom is 0.269 e. The summed E-state index contributed by atoms with van der Waals surface area (Å²) in [6, 6.07) is 0. The summed E-state index contributed by atoms with van der Waals surface area (Å²) in [7, 11) is 2.15. The van der Waals surface area contributed by atoms with Crippen molar-refractivity contribution in [1.82, 2.24) is 9.80 Å². The number of nitrogens with zero attached hydrogens (tertiary/aromatic N) is 3. The van der Waals surface area contributed by atoms with Gasteiger partial charge < -0.3 is 4.90 Å². The summed E-state index contributed by atoms with van der Waals surface area (Å²) in [5.74, 6) is 0.0812. The van der Waals surface area contributed by atoms with Gasteiger partial charge in [-0.1, -0.05) is 18.2 Å². The van der Waals surface area contributed by atoms with Crippen molar-refractivity contribution in [1.29, 1.82) is 0 Å². The van der Waals surface area contributed by atoms with Crippen LogP contribution in [0.2, 0.25) is 0 Å². The van der Waals surface area contributed by atoms with Crippen molar-refractivity contribution < 1.29 is 4.79 Å². The zero-order chi connectivity index (χ0) is 13.2. The van der Waals surface area contributed by atoms with Gasteiger partial charge in [0.25, 0.3) is 5.91 Å². The van der Waals surface area contributed by atoms with E-state index in [9.17, 15) is 4.79 Å². The highest BCUT2D eigenvalue weighted by atomic mass is 16.1. The zero-order valence-corrected chi connectivity index (χ0v) is 11.2. The second-order valence-corrected chi connectivity index (χ2v) is 5.40. The summed E-state index contributed by atoms with van der Waals surface area (Å²) in [5, 5.41) is 0. The third-order valence-corrected chi connectivity index (χ3v) is 3.95. The number of rotatable bonds is 2. The van der Waals surface area contributed by atoms with Gasteiger partial charge in [-0.15, -0.1) is 0 Å². The molecule has 4 heteroatoms. The van der Waals surface area contributed by atoms with E-state index in [-0.39, 0.29) is 11.8 Å². The molecule has 3 aliphatic rings. The van der Waals surface area contributed by atoms with Crippen LogP contribution in [0.1, 0.15) is 0 Å². The molecule has 0 aromatic heterocycles. The Kier molecular flexibility index (Phi) is 3.44. The van der Waals surface area contributed by atoms with Crippen molar-refractivity contribution in [2.75, 3.05) is 39.8 Å². The average Bonchev–Trinajstić information content (AvgIpc) is 2.41. The van der Waals surface area contributed by atoms with Gasteiger partial charge >= 0.3 is 0 Å². The van der Waals surface area contributed by atoms with Gasteiger partial charge in [-0.25, -0.2) is 4.99 Å². The molecule has 2 heterocycles. The lowest BCUT2D eigenvalue weighted by Crippen LogP contribution is -2.45. The van der Waals surface area contributed by atoms with Gasteiger partial charge in [0.2, 0.25) is 0 Å². The van der Waals surface area contributed by atoms with Gasteiger partial charge in [-0.2, -0.15) is 0 Å². The van der Waals surface area contributed by atoms with Gasteiger partial charge in [0.15, 0.2) is 0 Å². The second kappa shape index (κ2) is 5.23. The van der Waals surface area contributed by atoms with Crippen molar-refractivity contribution >= 4 is 11.6 Å². The lowest BCUT2D eigenvalue weighted by atomic mass is 9.87. The Balaban J connectivity index is 1.71. The minimum absolute atomic E-state index is 0.115. The second-order valence-electron chi connectivity index (χ2n) is 5.40. The van der Waals surface area contributed by atoms with Crippen LogP contribution in [0.25, 0.3) is 0 Å². The standard InChI is InChI=1S/C15H19N3O/c1-17-6-8-18(9-7-17)11-12-10-15(19)16-14-5-3-2-4-13(12)14/h2-5,10,13H,6-9,11H2,1H3. The number of hydrogen-bond acceptors (Lipinski definition) is 3. The number of hydrogen-bond donors (Lipinski definition) is 0. The van der Waals surface area contributed by atoms with Crippen LogP contribution in [0, 0.1) is 5.92 Å². The number of fused-ring (bicyclic) bond motifs is 1. The molecule has 19 heavy (non-hydrogen) atoms. The smallest absolute Gasteiger partial charge is 0.269 e. The molecule has 1 aliphatic carbocycles. The van der Waals surface area contributed by atoms with E-state index in [1.54, 1.807) is 6.08 Å². The van der Waals surface area contributed by atoms with Crippen LogP contribution in [0.4, 0.5) is 0 Å². The molecule has 1 amide bonds. The molecule has 1 saturated heterocycles. The van der Waals surface area contributed by atoms with Gasteiger partial charge in [-0.3, -0.25) is 9.69 Å². The minimum Gasteiger partial charge on any atom is -0.304 e. The SMILES string of the molecule is CN1CCN(CC2=CC(=O)N=C3C=CC=CC23)CC1. The summed E-state index contributed by atoms with van der Waals surface area (Å²) in [5.41, 5.74) is 2.07. The molecule has 3 rings (SSSR count). The van der Waals surface area contributed by atoms with Crippen molar-refractivity contribution in [3.63, 3.8) is 0 Å². The number of dihydropyridines is 1. The molecule has 1 unspecified atom stereocenters. The van der Waals surface area contributed by atoms with E-state index in [2.05, 4.69) is 27.9 Å². The Bertz CT molecular complexity index is 494. The van der Waals surface area contributed by atoms with Gasteiger partial charge in [-0.05, 0) is 18.7 Å². The summed E-state index contributed by atoms with van der Waals surface area (Å²) < 4.78 is 0. The van der Waals surface area contributed by atoms with E-state index in [4.69, 9.17) is 0 Å². The molecule has 0 N–H and O–H groups in total. The topological polar surface area (TPSA) is 35.9 Å². The van der Waals surface area contributed by atoms with Gasteiger partial charge in [0.05, 0.1) is 5.71 Å². The largest absolute Gasteiger partial charge is 0.304 e. The molecule has 0 aromatic rings. The molecule has 0 bridgehead atoms. The van der Waals surface area contributed by atoms with Crippen LogP contribution in [0.15, 0.2) is 40.9 Å². The molecule has 2 aliphatic heterocycles.